The Morgan fingerprint density at radius 2 is 2.22 bits per heavy atom. The van der Waals surface area contributed by atoms with Crippen molar-refractivity contribution in [3.63, 3.8) is 0 Å². The molecule has 1 aliphatic heterocycles. The van der Waals surface area contributed by atoms with Crippen LogP contribution in [0.4, 0.5) is 5.69 Å². The van der Waals surface area contributed by atoms with Crippen LogP contribution in [0.25, 0.3) is 0 Å². The molecule has 0 aliphatic carbocycles. The zero-order valence-electron chi connectivity index (χ0n) is 10.5. The Labute approximate surface area is 106 Å². The summed E-state index contributed by atoms with van der Waals surface area (Å²) in [6.45, 7) is 4.49. The van der Waals surface area contributed by atoms with Gasteiger partial charge in [-0.2, -0.15) is 0 Å². The van der Waals surface area contributed by atoms with Gasteiger partial charge in [-0.3, -0.25) is 9.59 Å². The lowest BCUT2D eigenvalue weighted by Gasteiger charge is -2.05. The van der Waals surface area contributed by atoms with E-state index in [1.54, 1.807) is 18.2 Å². The number of carbonyl (C=O) groups excluding carboxylic acids is 2. The van der Waals surface area contributed by atoms with Crippen molar-refractivity contribution < 1.29 is 9.59 Å². The Morgan fingerprint density at radius 3 is 2.94 bits per heavy atom. The molecule has 0 saturated carbocycles. The first kappa shape index (κ1) is 12.4. The number of amides is 2. The first-order chi connectivity index (χ1) is 8.56. The maximum absolute atomic E-state index is 11.9. The summed E-state index contributed by atoms with van der Waals surface area (Å²) in [5.41, 5.74) is 3.45. The normalized spacial score (nSPS) is 12.7. The van der Waals surface area contributed by atoms with E-state index < -0.39 is 0 Å². The molecule has 2 rings (SSSR count). The molecule has 94 valence electrons. The van der Waals surface area contributed by atoms with Crippen LogP contribution in [0.15, 0.2) is 29.8 Å². The highest BCUT2D eigenvalue weighted by molar-refractivity contribution is 6.01. The van der Waals surface area contributed by atoms with E-state index in [1.807, 2.05) is 19.9 Å². The molecule has 0 fully saturated rings. The topological polar surface area (TPSA) is 58.2 Å². The predicted octanol–water partition coefficient (Wildman–Crippen LogP) is 1.88. The molecule has 0 saturated heterocycles. The Bertz CT molecular complexity index is 529. The van der Waals surface area contributed by atoms with Crippen molar-refractivity contribution in [2.45, 2.75) is 20.3 Å². The van der Waals surface area contributed by atoms with Gasteiger partial charge in [0.2, 0.25) is 5.91 Å². The molecule has 4 nitrogen and oxygen atoms in total. The number of benzene rings is 1. The molecule has 0 atom stereocenters. The van der Waals surface area contributed by atoms with Gasteiger partial charge >= 0.3 is 0 Å². The number of rotatable bonds is 3. The molecule has 2 N–H and O–H groups in total. The highest BCUT2D eigenvalue weighted by Gasteiger charge is 2.18. The zero-order valence-corrected chi connectivity index (χ0v) is 10.5. The van der Waals surface area contributed by atoms with Gasteiger partial charge in [0.25, 0.3) is 5.91 Å². The van der Waals surface area contributed by atoms with Crippen LogP contribution in [0, 0.1) is 0 Å². The third-order valence-corrected chi connectivity index (χ3v) is 2.77. The van der Waals surface area contributed by atoms with E-state index in [4.69, 9.17) is 0 Å². The average Bonchev–Trinajstić information content (AvgIpc) is 2.67. The molecule has 0 radical (unpaired) electrons. The van der Waals surface area contributed by atoms with Crippen molar-refractivity contribution in [3.8, 4) is 0 Å². The SMILES string of the molecule is CC(C)=CCNC(=O)c1ccc2c(c1)CC(=O)N2. The van der Waals surface area contributed by atoms with Gasteiger partial charge in [-0.05, 0) is 37.6 Å². The second-order valence-electron chi connectivity index (χ2n) is 4.59. The van der Waals surface area contributed by atoms with Crippen molar-refractivity contribution in [1.29, 1.82) is 0 Å². The maximum Gasteiger partial charge on any atom is 0.251 e. The average molecular weight is 244 g/mol. The van der Waals surface area contributed by atoms with E-state index in [1.165, 1.54) is 5.57 Å². The van der Waals surface area contributed by atoms with E-state index in [-0.39, 0.29) is 11.8 Å². The van der Waals surface area contributed by atoms with E-state index in [0.717, 1.165) is 11.3 Å². The molecule has 1 aromatic carbocycles. The molecule has 0 bridgehead atoms. The first-order valence-electron chi connectivity index (χ1n) is 5.90. The summed E-state index contributed by atoms with van der Waals surface area (Å²) >= 11 is 0. The Hall–Kier alpha value is -2.10. The second-order valence-corrected chi connectivity index (χ2v) is 4.59. The number of carbonyl (C=O) groups is 2. The summed E-state index contributed by atoms with van der Waals surface area (Å²) in [5, 5.41) is 5.55. The van der Waals surface area contributed by atoms with E-state index >= 15 is 0 Å². The summed E-state index contributed by atoms with van der Waals surface area (Å²) in [7, 11) is 0. The molecule has 0 spiro atoms. The minimum atomic E-state index is -0.116. The molecule has 1 aliphatic rings. The Kier molecular flexibility index (Phi) is 3.46. The number of nitrogens with one attached hydrogen (secondary N) is 2. The van der Waals surface area contributed by atoms with Gasteiger partial charge in [-0.1, -0.05) is 11.6 Å². The van der Waals surface area contributed by atoms with Crippen LogP contribution >= 0.6 is 0 Å². The van der Waals surface area contributed by atoms with Crippen LogP contribution in [-0.2, 0) is 11.2 Å². The van der Waals surface area contributed by atoms with E-state index in [2.05, 4.69) is 10.6 Å². The van der Waals surface area contributed by atoms with Crippen molar-refractivity contribution in [3.05, 3.63) is 41.0 Å². The molecule has 1 heterocycles. The minimum Gasteiger partial charge on any atom is -0.349 e. The van der Waals surface area contributed by atoms with Crippen LogP contribution in [0.3, 0.4) is 0 Å². The van der Waals surface area contributed by atoms with E-state index in [9.17, 15) is 9.59 Å². The molecule has 18 heavy (non-hydrogen) atoms. The highest BCUT2D eigenvalue weighted by Crippen LogP contribution is 2.23. The van der Waals surface area contributed by atoms with Crippen molar-refractivity contribution in [1.82, 2.24) is 5.32 Å². The van der Waals surface area contributed by atoms with E-state index in [0.29, 0.717) is 18.5 Å². The highest BCUT2D eigenvalue weighted by atomic mass is 16.2. The summed E-state index contributed by atoms with van der Waals surface area (Å²) in [4.78, 5) is 23.1. The lowest BCUT2D eigenvalue weighted by Crippen LogP contribution is -2.23. The number of hydrogen-bond donors (Lipinski definition) is 2. The summed E-state index contributed by atoms with van der Waals surface area (Å²) in [5.74, 6) is -0.137. The zero-order chi connectivity index (χ0) is 13.1. The van der Waals surface area contributed by atoms with Gasteiger partial charge in [0.05, 0.1) is 6.42 Å². The third kappa shape index (κ3) is 2.77. The van der Waals surface area contributed by atoms with Crippen LogP contribution in [-0.4, -0.2) is 18.4 Å². The number of hydrogen-bond acceptors (Lipinski definition) is 2. The fraction of sp³-hybridized carbons (Fsp3) is 0.286. The van der Waals surface area contributed by atoms with Gasteiger partial charge in [-0.25, -0.2) is 0 Å². The molecule has 4 heteroatoms. The number of anilines is 1. The summed E-state index contributed by atoms with van der Waals surface area (Å²) in [6.07, 6.45) is 2.31. The van der Waals surface area contributed by atoms with Gasteiger partial charge in [0, 0.05) is 17.8 Å². The lowest BCUT2D eigenvalue weighted by atomic mass is 10.1. The number of allylic oxidation sites excluding steroid dienone is 1. The third-order valence-electron chi connectivity index (χ3n) is 2.77. The molecule has 0 unspecified atom stereocenters. The molecular weight excluding hydrogens is 228 g/mol. The molecule has 2 amide bonds. The quantitative estimate of drug-likeness (QED) is 0.797. The molecule has 0 aromatic heterocycles. The largest absolute Gasteiger partial charge is 0.349 e. The van der Waals surface area contributed by atoms with Crippen LogP contribution in [0.1, 0.15) is 29.8 Å². The van der Waals surface area contributed by atoms with Gasteiger partial charge in [0.1, 0.15) is 0 Å². The summed E-state index contributed by atoms with van der Waals surface area (Å²) < 4.78 is 0. The monoisotopic (exact) mass is 244 g/mol. The second kappa shape index (κ2) is 5.04. The van der Waals surface area contributed by atoms with Crippen LogP contribution in [0.2, 0.25) is 0 Å². The fourth-order valence-corrected chi connectivity index (χ4v) is 1.82. The lowest BCUT2D eigenvalue weighted by molar-refractivity contribution is -0.115. The smallest absolute Gasteiger partial charge is 0.251 e. The maximum atomic E-state index is 11.9. The Morgan fingerprint density at radius 1 is 1.44 bits per heavy atom. The standard InChI is InChI=1S/C14H16N2O2/c1-9(2)5-6-15-14(18)10-3-4-12-11(7-10)8-13(17)16-12/h3-5,7H,6,8H2,1-2H3,(H,15,18)(H,16,17). The van der Waals surface area contributed by atoms with Gasteiger partial charge in [0.15, 0.2) is 0 Å². The van der Waals surface area contributed by atoms with Crippen molar-refractivity contribution >= 4 is 17.5 Å². The molecular formula is C14H16N2O2. The van der Waals surface area contributed by atoms with Crippen molar-refractivity contribution in [2.75, 3.05) is 11.9 Å². The van der Waals surface area contributed by atoms with Crippen LogP contribution < -0.4 is 10.6 Å². The predicted molar refractivity (Wildman–Crippen MR) is 70.5 cm³/mol. The molecule has 1 aromatic rings. The number of fused-ring (bicyclic) bond motifs is 1. The van der Waals surface area contributed by atoms with Crippen LogP contribution in [0.5, 0.6) is 0 Å². The minimum absolute atomic E-state index is 0.0212. The van der Waals surface area contributed by atoms with Gasteiger partial charge < -0.3 is 10.6 Å². The Balaban J connectivity index is 2.06. The first-order valence-corrected chi connectivity index (χ1v) is 5.90. The van der Waals surface area contributed by atoms with Crippen molar-refractivity contribution in [2.24, 2.45) is 0 Å². The fourth-order valence-electron chi connectivity index (χ4n) is 1.82. The summed E-state index contributed by atoms with van der Waals surface area (Å²) in [6, 6.07) is 5.27. The van der Waals surface area contributed by atoms with Gasteiger partial charge in [-0.15, -0.1) is 0 Å².